The molecule has 0 radical (unpaired) electrons. The molecule has 2 N–H and O–H groups in total. The molecule has 0 fully saturated rings. The summed E-state index contributed by atoms with van der Waals surface area (Å²) in [5.74, 6) is 0.608. The highest BCUT2D eigenvalue weighted by Gasteiger charge is 2.08. The number of carbonyl (C=O) groups is 1. The maximum absolute atomic E-state index is 12.9. The number of hydrogen-bond donors (Lipinski definition) is 2. The third-order valence-electron chi connectivity index (χ3n) is 4.04. The van der Waals surface area contributed by atoms with E-state index in [1.807, 2.05) is 18.2 Å². The molecule has 1 heterocycles. The third kappa shape index (κ3) is 4.76. The number of benzene rings is 2. The van der Waals surface area contributed by atoms with Gasteiger partial charge in [0.2, 0.25) is 0 Å². The van der Waals surface area contributed by atoms with Crippen LogP contribution < -0.4 is 20.1 Å². The Morgan fingerprint density at radius 1 is 0.964 bits per heavy atom. The van der Waals surface area contributed by atoms with Gasteiger partial charge in [-0.2, -0.15) is 0 Å². The van der Waals surface area contributed by atoms with Gasteiger partial charge in [-0.1, -0.05) is 6.07 Å². The molecule has 0 unspecified atom stereocenters. The van der Waals surface area contributed by atoms with E-state index in [1.54, 1.807) is 32.5 Å². The van der Waals surface area contributed by atoms with Gasteiger partial charge in [0.25, 0.3) is 5.91 Å². The van der Waals surface area contributed by atoms with Crippen molar-refractivity contribution in [2.45, 2.75) is 6.54 Å². The minimum atomic E-state index is -0.363. The van der Waals surface area contributed by atoms with Gasteiger partial charge in [-0.25, -0.2) is 9.37 Å². The first-order chi connectivity index (χ1) is 13.6. The second-order valence-electron chi connectivity index (χ2n) is 5.94. The van der Waals surface area contributed by atoms with Crippen LogP contribution in [-0.4, -0.2) is 25.1 Å². The molecule has 0 atom stereocenters. The maximum atomic E-state index is 12.9. The van der Waals surface area contributed by atoms with E-state index in [9.17, 15) is 9.18 Å². The van der Waals surface area contributed by atoms with Crippen LogP contribution in [0.25, 0.3) is 0 Å². The topological polar surface area (TPSA) is 72.5 Å². The zero-order valence-electron chi connectivity index (χ0n) is 15.5. The number of pyridine rings is 1. The molecule has 0 saturated heterocycles. The van der Waals surface area contributed by atoms with E-state index in [0.29, 0.717) is 23.7 Å². The quantitative estimate of drug-likeness (QED) is 0.645. The summed E-state index contributed by atoms with van der Waals surface area (Å²) in [7, 11) is 3.18. The van der Waals surface area contributed by atoms with Crippen LogP contribution in [0.4, 0.5) is 15.8 Å². The van der Waals surface area contributed by atoms with Crippen molar-refractivity contribution in [1.29, 1.82) is 0 Å². The number of hydrogen-bond acceptors (Lipinski definition) is 5. The Hall–Kier alpha value is -3.61. The first-order valence-electron chi connectivity index (χ1n) is 8.57. The Bertz CT molecular complexity index is 944. The van der Waals surface area contributed by atoms with Crippen molar-refractivity contribution < 1.29 is 18.7 Å². The first kappa shape index (κ1) is 19.2. The van der Waals surface area contributed by atoms with Crippen LogP contribution in [0.1, 0.15) is 16.1 Å². The molecule has 3 aromatic rings. The molecular formula is C21H20FN3O3. The number of halogens is 1. The maximum Gasteiger partial charge on any atom is 0.274 e. The van der Waals surface area contributed by atoms with Crippen molar-refractivity contribution in [2.24, 2.45) is 0 Å². The number of ether oxygens (including phenoxy) is 2. The highest BCUT2D eigenvalue weighted by Crippen LogP contribution is 2.27. The van der Waals surface area contributed by atoms with Crippen LogP contribution in [0.3, 0.4) is 0 Å². The Morgan fingerprint density at radius 2 is 1.68 bits per heavy atom. The van der Waals surface area contributed by atoms with Crippen LogP contribution >= 0.6 is 0 Å². The lowest BCUT2D eigenvalue weighted by Gasteiger charge is -2.11. The number of methoxy groups -OCH3 is 2. The van der Waals surface area contributed by atoms with Crippen LogP contribution in [-0.2, 0) is 6.54 Å². The van der Waals surface area contributed by atoms with E-state index >= 15 is 0 Å². The van der Waals surface area contributed by atoms with Gasteiger partial charge in [0.1, 0.15) is 11.5 Å². The molecule has 6 nitrogen and oxygen atoms in total. The van der Waals surface area contributed by atoms with Gasteiger partial charge in [0.05, 0.1) is 26.1 Å². The standard InChI is InChI=1S/C21H20FN3O3/c1-27-19-10-3-14(11-20(19)28-2)12-23-17-8-9-18(24-13-17)21(26)25-16-6-4-15(22)5-7-16/h3-11,13,23H,12H2,1-2H3,(H,25,26). The molecular weight excluding hydrogens is 361 g/mol. The van der Waals surface area contributed by atoms with Gasteiger partial charge in [-0.3, -0.25) is 4.79 Å². The van der Waals surface area contributed by atoms with E-state index in [0.717, 1.165) is 11.3 Å². The number of rotatable bonds is 7. The van der Waals surface area contributed by atoms with Crippen LogP contribution in [0.5, 0.6) is 11.5 Å². The molecule has 0 spiro atoms. The fourth-order valence-corrected chi connectivity index (χ4v) is 2.56. The molecule has 0 aliphatic carbocycles. The number of aromatic nitrogens is 1. The minimum Gasteiger partial charge on any atom is -0.493 e. The number of carbonyl (C=O) groups excluding carboxylic acids is 1. The second-order valence-corrected chi connectivity index (χ2v) is 5.94. The summed E-state index contributed by atoms with van der Waals surface area (Å²) >= 11 is 0. The predicted molar refractivity (Wildman–Crippen MR) is 105 cm³/mol. The summed E-state index contributed by atoms with van der Waals surface area (Å²) in [6, 6.07) is 14.6. The van der Waals surface area contributed by atoms with Crippen molar-refractivity contribution >= 4 is 17.3 Å². The predicted octanol–water partition coefficient (Wildman–Crippen LogP) is 4.10. The molecule has 28 heavy (non-hydrogen) atoms. The Morgan fingerprint density at radius 3 is 2.32 bits per heavy atom. The molecule has 144 valence electrons. The van der Waals surface area contributed by atoms with E-state index < -0.39 is 0 Å². The third-order valence-corrected chi connectivity index (χ3v) is 4.04. The molecule has 1 amide bonds. The lowest BCUT2D eigenvalue weighted by Crippen LogP contribution is -2.13. The van der Waals surface area contributed by atoms with Crippen molar-refractivity contribution in [3.63, 3.8) is 0 Å². The van der Waals surface area contributed by atoms with Crippen molar-refractivity contribution in [3.8, 4) is 11.5 Å². The summed E-state index contributed by atoms with van der Waals surface area (Å²) in [5, 5.41) is 5.91. The van der Waals surface area contributed by atoms with E-state index in [1.165, 1.54) is 24.3 Å². The molecule has 1 aromatic heterocycles. The zero-order valence-corrected chi connectivity index (χ0v) is 15.5. The van der Waals surface area contributed by atoms with Crippen molar-refractivity contribution in [3.05, 3.63) is 77.9 Å². The molecule has 0 aliphatic heterocycles. The fourth-order valence-electron chi connectivity index (χ4n) is 2.56. The molecule has 7 heteroatoms. The van der Waals surface area contributed by atoms with Gasteiger partial charge in [0.15, 0.2) is 11.5 Å². The van der Waals surface area contributed by atoms with Crippen LogP contribution in [0.15, 0.2) is 60.8 Å². The minimum absolute atomic E-state index is 0.265. The number of nitrogens with zero attached hydrogens (tertiary/aromatic N) is 1. The summed E-state index contributed by atoms with van der Waals surface area (Å²) in [4.78, 5) is 16.4. The van der Waals surface area contributed by atoms with Gasteiger partial charge >= 0.3 is 0 Å². The Balaban J connectivity index is 1.59. The van der Waals surface area contributed by atoms with Gasteiger partial charge in [-0.15, -0.1) is 0 Å². The monoisotopic (exact) mass is 381 g/mol. The molecule has 0 aliphatic rings. The van der Waals surface area contributed by atoms with Crippen LogP contribution in [0, 0.1) is 5.82 Å². The van der Waals surface area contributed by atoms with Crippen molar-refractivity contribution in [2.75, 3.05) is 24.9 Å². The SMILES string of the molecule is COc1ccc(CNc2ccc(C(=O)Nc3ccc(F)cc3)nc2)cc1OC. The Labute approximate surface area is 162 Å². The lowest BCUT2D eigenvalue weighted by molar-refractivity contribution is 0.102. The van der Waals surface area contributed by atoms with E-state index in [-0.39, 0.29) is 17.4 Å². The average Bonchev–Trinajstić information content (AvgIpc) is 2.74. The molecule has 0 saturated carbocycles. The summed E-state index contributed by atoms with van der Waals surface area (Å²) in [6.45, 7) is 0.559. The highest BCUT2D eigenvalue weighted by atomic mass is 19.1. The van der Waals surface area contributed by atoms with Crippen LogP contribution in [0.2, 0.25) is 0 Å². The number of amides is 1. The summed E-state index contributed by atoms with van der Waals surface area (Å²) in [5.41, 5.74) is 2.55. The van der Waals surface area contributed by atoms with Gasteiger partial charge < -0.3 is 20.1 Å². The average molecular weight is 381 g/mol. The summed E-state index contributed by atoms with van der Waals surface area (Å²) < 4.78 is 23.4. The van der Waals surface area contributed by atoms with E-state index in [4.69, 9.17) is 9.47 Å². The highest BCUT2D eigenvalue weighted by molar-refractivity contribution is 6.02. The van der Waals surface area contributed by atoms with Gasteiger partial charge in [-0.05, 0) is 54.1 Å². The van der Waals surface area contributed by atoms with Gasteiger partial charge in [0, 0.05) is 12.2 Å². The van der Waals surface area contributed by atoms with Crippen molar-refractivity contribution in [1.82, 2.24) is 4.98 Å². The Kier molecular flexibility index (Phi) is 6.06. The number of anilines is 2. The zero-order chi connectivity index (χ0) is 19.9. The molecule has 0 bridgehead atoms. The van der Waals surface area contributed by atoms with E-state index in [2.05, 4.69) is 15.6 Å². The molecule has 2 aromatic carbocycles. The normalized spacial score (nSPS) is 10.2. The first-order valence-corrected chi connectivity index (χ1v) is 8.57. The number of nitrogens with one attached hydrogen (secondary N) is 2. The fraction of sp³-hybridized carbons (Fsp3) is 0.143. The second kappa shape index (κ2) is 8.85. The smallest absolute Gasteiger partial charge is 0.274 e. The summed E-state index contributed by atoms with van der Waals surface area (Å²) in [6.07, 6.45) is 1.58. The largest absolute Gasteiger partial charge is 0.493 e. The molecule has 3 rings (SSSR count). The lowest BCUT2D eigenvalue weighted by atomic mass is 10.2.